The predicted octanol–water partition coefficient (Wildman–Crippen LogP) is 2.31. The van der Waals surface area contributed by atoms with Crippen LogP contribution in [0.15, 0.2) is 18.2 Å². The van der Waals surface area contributed by atoms with Crippen LogP contribution in [0.25, 0.3) is 0 Å². The Balaban J connectivity index is 1.58. The summed E-state index contributed by atoms with van der Waals surface area (Å²) in [4.78, 5) is 7.07. The van der Waals surface area contributed by atoms with E-state index < -0.39 is 0 Å². The monoisotopic (exact) mass is 283 g/mol. The van der Waals surface area contributed by atoms with Crippen LogP contribution in [0.5, 0.6) is 0 Å². The fourth-order valence-corrected chi connectivity index (χ4v) is 3.58. The second-order valence-corrected chi connectivity index (χ2v) is 6.15. The molecule has 5 nitrogen and oxygen atoms in total. The quantitative estimate of drug-likeness (QED) is 0.848. The van der Waals surface area contributed by atoms with E-state index >= 15 is 0 Å². The Morgan fingerprint density at radius 3 is 3.00 bits per heavy atom. The Morgan fingerprint density at radius 1 is 1.14 bits per heavy atom. The number of hydrogen-bond donors (Lipinski definition) is 0. The zero-order valence-corrected chi connectivity index (χ0v) is 12.5. The molecule has 2 aliphatic rings. The normalized spacial score (nSPS) is 21.6. The summed E-state index contributed by atoms with van der Waals surface area (Å²) in [6, 6.07) is 6.26. The first kappa shape index (κ1) is 12.8. The van der Waals surface area contributed by atoms with E-state index in [1.54, 1.807) is 0 Å². The highest BCUT2D eigenvalue weighted by atomic mass is 15.3. The first-order chi connectivity index (χ1) is 10.3. The van der Waals surface area contributed by atoms with E-state index in [2.05, 4.69) is 49.8 Å². The SMILES string of the molecule is Cc1cccc(N2CCCC(c3nnc4n3CCC4)C2)n1. The van der Waals surface area contributed by atoms with Crippen LogP contribution in [0.3, 0.4) is 0 Å². The molecule has 4 rings (SSSR count). The molecule has 1 atom stereocenters. The molecule has 0 bridgehead atoms. The van der Waals surface area contributed by atoms with Gasteiger partial charge in [-0.1, -0.05) is 6.07 Å². The van der Waals surface area contributed by atoms with Crippen molar-refractivity contribution in [3.8, 4) is 0 Å². The molecule has 110 valence electrons. The summed E-state index contributed by atoms with van der Waals surface area (Å²) >= 11 is 0. The van der Waals surface area contributed by atoms with Gasteiger partial charge in [0.1, 0.15) is 17.5 Å². The van der Waals surface area contributed by atoms with Crippen LogP contribution in [-0.2, 0) is 13.0 Å². The molecule has 0 N–H and O–H groups in total. The standard InChI is InChI=1S/C16H21N5/c1-12-5-2-7-14(17-12)20-9-3-6-13(11-20)16-19-18-15-8-4-10-21(15)16/h2,5,7,13H,3-4,6,8-11H2,1H3. The summed E-state index contributed by atoms with van der Waals surface area (Å²) in [7, 11) is 0. The molecule has 1 saturated heterocycles. The van der Waals surface area contributed by atoms with Gasteiger partial charge in [0.25, 0.3) is 0 Å². The third-order valence-electron chi connectivity index (χ3n) is 4.62. The zero-order chi connectivity index (χ0) is 14.2. The summed E-state index contributed by atoms with van der Waals surface area (Å²) in [6.07, 6.45) is 4.71. The number of nitrogens with zero attached hydrogens (tertiary/aromatic N) is 5. The molecule has 0 saturated carbocycles. The van der Waals surface area contributed by atoms with Gasteiger partial charge in [0.2, 0.25) is 0 Å². The van der Waals surface area contributed by atoms with Crippen LogP contribution in [0.4, 0.5) is 5.82 Å². The lowest BCUT2D eigenvalue weighted by Crippen LogP contribution is -2.36. The van der Waals surface area contributed by atoms with Gasteiger partial charge in [0.15, 0.2) is 0 Å². The summed E-state index contributed by atoms with van der Waals surface area (Å²) in [5, 5.41) is 8.84. The van der Waals surface area contributed by atoms with Gasteiger partial charge in [-0.2, -0.15) is 0 Å². The van der Waals surface area contributed by atoms with Crippen LogP contribution >= 0.6 is 0 Å². The van der Waals surface area contributed by atoms with Gasteiger partial charge in [-0.3, -0.25) is 0 Å². The summed E-state index contributed by atoms with van der Waals surface area (Å²) in [5.74, 6) is 3.96. The van der Waals surface area contributed by atoms with E-state index in [-0.39, 0.29) is 0 Å². The number of anilines is 1. The molecular formula is C16H21N5. The van der Waals surface area contributed by atoms with Crippen molar-refractivity contribution in [1.82, 2.24) is 19.7 Å². The van der Waals surface area contributed by atoms with Gasteiger partial charge in [-0.15, -0.1) is 10.2 Å². The first-order valence-corrected chi connectivity index (χ1v) is 7.92. The van der Waals surface area contributed by atoms with E-state index in [9.17, 15) is 0 Å². The van der Waals surface area contributed by atoms with Crippen molar-refractivity contribution in [2.24, 2.45) is 0 Å². The molecule has 0 spiro atoms. The molecule has 2 aliphatic heterocycles. The van der Waals surface area contributed by atoms with Gasteiger partial charge in [-0.05, 0) is 38.3 Å². The predicted molar refractivity (Wildman–Crippen MR) is 81.5 cm³/mol. The fourth-order valence-electron chi connectivity index (χ4n) is 3.58. The molecular weight excluding hydrogens is 262 g/mol. The van der Waals surface area contributed by atoms with Crippen LogP contribution in [-0.4, -0.2) is 32.8 Å². The second kappa shape index (κ2) is 5.13. The van der Waals surface area contributed by atoms with Crippen LogP contribution in [0.2, 0.25) is 0 Å². The van der Waals surface area contributed by atoms with Crippen LogP contribution in [0, 0.1) is 6.92 Å². The van der Waals surface area contributed by atoms with Crippen molar-refractivity contribution >= 4 is 5.82 Å². The van der Waals surface area contributed by atoms with E-state index in [1.807, 2.05) is 0 Å². The van der Waals surface area contributed by atoms with Gasteiger partial charge < -0.3 is 9.47 Å². The maximum Gasteiger partial charge on any atom is 0.137 e. The van der Waals surface area contributed by atoms with Crippen LogP contribution < -0.4 is 4.90 Å². The lowest BCUT2D eigenvalue weighted by atomic mass is 9.97. The number of hydrogen-bond acceptors (Lipinski definition) is 4. The lowest BCUT2D eigenvalue weighted by molar-refractivity contribution is 0.471. The Kier molecular flexibility index (Phi) is 3.13. The molecule has 0 aliphatic carbocycles. The van der Waals surface area contributed by atoms with Crippen LogP contribution in [0.1, 0.15) is 42.5 Å². The number of aromatic nitrogens is 4. The molecule has 4 heterocycles. The molecule has 2 aromatic heterocycles. The zero-order valence-electron chi connectivity index (χ0n) is 12.5. The Bertz CT molecular complexity index is 648. The highest BCUT2D eigenvalue weighted by Gasteiger charge is 2.28. The average molecular weight is 283 g/mol. The number of fused-ring (bicyclic) bond motifs is 1. The highest BCUT2D eigenvalue weighted by molar-refractivity contribution is 5.40. The Morgan fingerprint density at radius 2 is 2.10 bits per heavy atom. The minimum atomic E-state index is 0.486. The molecule has 21 heavy (non-hydrogen) atoms. The smallest absolute Gasteiger partial charge is 0.137 e. The average Bonchev–Trinajstić information content (AvgIpc) is 3.10. The molecule has 0 radical (unpaired) electrons. The molecule has 2 aromatic rings. The maximum atomic E-state index is 4.67. The Labute approximate surface area is 125 Å². The summed E-state index contributed by atoms with van der Waals surface area (Å²) < 4.78 is 2.35. The first-order valence-electron chi connectivity index (χ1n) is 7.92. The minimum Gasteiger partial charge on any atom is -0.356 e. The van der Waals surface area contributed by atoms with Gasteiger partial charge in [-0.25, -0.2) is 4.98 Å². The number of pyridine rings is 1. The number of rotatable bonds is 2. The number of piperidine rings is 1. The summed E-state index contributed by atoms with van der Waals surface area (Å²) in [6.45, 7) is 5.25. The van der Waals surface area contributed by atoms with Crippen molar-refractivity contribution in [3.05, 3.63) is 35.5 Å². The topological polar surface area (TPSA) is 46.8 Å². The van der Waals surface area contributed by atoms with Crippen molar-refractivity contribution in [2.45, 2.75) is 45.1 Å². The maximum absolute atomic E-state index is 4.67. The Hall–Kier alpha value is -1.91. The fraction of sp³-hybridized carbons (Fsp3) is 0.562. The van der Waals surface area contributed by atoms with Crippen molar-refractivity contribution in [2.75, 3.05) is 18.0 Å². The van der Waals surface area contributed by atoms with Crippen molar-refractivity contribution in [3.63, 3.8) is 0 Å². The third kappa shape index (κ3) is 2.30. The van der Waals surface area contributed by atoms with Crippen molar-refractivity contribution in [1.29, 1.82) is 0 Å². The highest BCUT2D eigenvalue weighted by Crippen LogP contribution is 2.30. The van der Waals surface area contributed by atoms with Gasteiger partial charge in [0.05, 0.1) is 0 Å². The van der Waals surface area contributed by atoms with Gasteiger partial charge in [0, 0.05) is 37.7 Å². The molecule has 1 unspecified atom stereocenters. The van der Waals surface area contributed by atoms with E-state index in [1.165, 1.54) is 30.9 Å². The lowest BCUT2D eigenvalue weighted by Gasteiger charge is -2.33. The molecule has 0 aromatic carbocycles. The largest absolute Gasteiger partial charge is 0.356 e. The van der Waals surface area contributed by atoms with Gasteiger partial charge >= 0.3 is 0 Å². The minimum absolute atomic E-state index is 0.486. The molecule has 0 amide bonds. The molecule has 5 heteroatoms. The third-order valence-corrected chi connectivity index (χ3v) is 4.62. The molecule has 1 fully saturated rings. The van der Waals surface area contributed by atoms with E-state index in [4.69, 9.17) is 0 Å². The second-order valence-electron chi connectivity index (χ2n) is 6.15. The number of aryl methyl sites for hydroxylation is 2. The summed E-state index contributed by atoms with van der Waals surface area (Å²) in [5.41, 5.74) is 1.08. The van der Waals surface area contributed by atoms with E-state index in [0.717, 1.165) is 37.6 Å². The van der Waals surface area contributed by atoms with Crippen molar-refractivity contribution < 1.29 is 0 Å². The van der Waals surface area contributed by atoms with E-state index in [0.29, 0.717) is 5.92 Å².